The van der Waals surface area contributed by atoms with Crippen LogP contribution in [0, 0.1) is 5.82 Å². The largest absolute Gasteiger partial charge is 0.416 e. The lowest BCUT2D eigenvalue weighted by Gasteiger charge is -2.36. The van der Waals surface area contributed by atoms with Crippen LogP contribution in [0.3, 0.4) is 0 Å². The molecule has 1 fully saturated rings. The molecule has 3 rings (SSSR count). The van der Waals surface area contributed by atoms with Gasteiger partial charge in [0.2, 0.25) is 0 Å². The molecule has 1 unspecified atom stereocenters. The first-order valence-electron chi connectivity index (χ1n) is 7.65. The van der Waals surface area contributed by atoms with E-state index in [0.29, 0.717) is 31.8 Å². The van der Waals surface area contributed by atoms with Gasteiger partial charge in [0, 0.05) is 37.6 Å². The van der Waals surface area contributed by atoms with Crippen molar-refractivity contribution in [2.45, 2.75) is 12.2 Å². The van der Waals surface area contributed by atoms with Crippen LogP contribution in [0.5, 0.6) is 0 Å². The summed E-state index contributed by atoms with van der Waals surface area (Å²) in [4.78, 5) is 18.2. The SMILES string of the molecule is O=C(c1cc(F)cc(C(F)(F)F)c1)N1CCNCC1c1cccnc1. The van der Waals surface area contributed by atoms with Crippen molar-refractivity contribution < 1.29 is 22.4 Å². The van der Waals surface area contributed by atoms with E-state index in [9.17, 15) is 22.4 Å². The van der Waals surface area contributed by atoms with Crippen molar-refractivity contribution in [3.8, 4) is 0 Å². The zero-order valence-electron chi connectivity index (χ0n) is 13.1. The molecule has 1 aromatic carbocycles. The highest BCUT2D eigenvalue weighted by Crippen LogP contribution is 2.31. The van der Waals surface area contributed by atoms with E-state index in [2.05, 4.69) is 10.3 Å². The number of hydrogen-bond acceptors (Lipinski definition) is 3. The number of piperazine rings is 1. The molecule has 2 heterocycles. The van der Waals surface area contributed by atoms with Crippen LogP contribution in [0.15, 0.2) is 42.7 Å². The van der Waals surface area contributed by atoms with Gasteiger partial charge in [-0.05, 0) is 29.8 Å². The average Bonchev–Trinajstić information content (AvgIpc) is 2.60. The van der Waals surface area contributed by atoms with E-state index in [4.69, 9.17) is 0 Å². The predicted molar refractivity (Wildman–Crippen MR) is 82.3 cm³/mol. The second-order valence-corrected chi connectivity index (χ2v) is 5.73. The minimum absolute atomic E-state index is 0.302. The summed E-state index contributed by atoms with van der Waals surface area (Å²) < 4.78 is 52.3. The van der Waals surface area contributed by atoms with Crippen molar-refractivity contribution in [1.82, 2.24) is 15.2 Å². The Kier molecular flexibility index (Phi) is 4.71. The van der Waals surface area contributed by atoms with Crippen LogP contribution in [0.4, 0.5) is 17.6 Å². The molecule has 1 atom stereocenters. The molecule has 4 nitrogen and oxygen atoms in total. The van der Waals surface area contributed by atoms with Crippen molar-refractivity contribution in [1.29, 1.82) is 0 Å². The number of benzene rings is 1. The molecule has 0 saturated carbocycles. The van der Waals surface area contributed by atoms with Crippen LogP contribution in [0.1, 0.15) is 27.5 Å². The third-order valence-electron chi connectivity index (χ3n) is 4.05. The summed E-state index contributed by atoms with van der Waals surface area (Å²) >= 11 is 0. The molecule has 0 bridgehead atoms. The van der Waals surface area contributed by atoms with E-state index in [1.807, 2.05) is 0 Å². The number of rotatable bonds is 2. The summed E-state index contributed by atoms with van der Waals surface area (Å²) in [6.07, 6.45) is -1.53. The zero-order chi connectivity index (χ0) is 18.0. The Morgan fingerprint density at radius 1 is 1.28 bits per heavy atom. The van der Waals surface area contributed by atoms with E-state index in [-0.39, 0.29) is 11.6 Å². The molecule has 132 valence electrons. The number of hydrogen-bond donors (Lipinski definition) is 1. The van der Waals surface area contributed by atoms with Gasteiger partial charge in [0.05, 0.1) is 11.6 Å². The normalized spacial score (nSPS) is 18.2. The quantitative estimate of drug-likeness (QED) is 0.845. The maximum atomic E-state index is 13.6. The first-order chi connectivity index (χ1) is 11.9. The second-order valence-electron chi connectivity index (χ2n) is 5.73. The van der Waals surface area contributed by atoms with Crippen molar-refractivity contribution in [3.63, 3.8) is 0 Å². The van der Waals surface area contributed by atoms with Crippen LogP contribution in [-0.2, 0) is 6.18 Å². The van der Waals surface area contributed by atoms with Crippen molar-refractivity contribution in [2.75, 3.05) is 19.6 Å². The molecular weight excluding hydrogens is 338 g/mol. The fraction of sp³-hybridized carbons (Fsp3) is 0.294. The maximum absolute atomic E-state index is 13.6. The number of nitrogens with zero attached hydrogens (tertiary/aromatic N) is 2. The van der Waals surface area contributed by atoms with E-state index in [0.717, 1.165) is 11.6 Å². The van der Waals surface area contributed by atoms with Crippen LogP contribution in [0.25, 0.3) is 0 Å². The van der Waals surface area contributed by atoms with Crippen LogP contribution in [0.2, 0.25) is 0 Å². The summed E-state index contributed by atoms with van der Waals surface area (Å²) in [6.45, 7) is 1.25. The minimum Gasteiger partial charge on any atom is -0.329 e. The van der Waals surface area contributed by atoms with Gasteiger partial charge in [0.15, 0.2) is 0 Å². The smallest absolute Gasteiger partial charge is 0.329 e. The van der Waals surface area contributed by atoms with Crippen LogP contribution in [-0.4, -0.2) is 35.4 Å². The summed E-state index contributed by atoms with van der Waals surface area (Å²) in [5.41, 5.74) is -0.734. The first-order valence-corrected chi connectivity index (χ1v) is 7.65. The van der Waals surface area contributed by atoms with Gasteiger partial charge in [-0.3, -0.25) is 9.78 Å². The molecule has 2 aromatic rings. The minimum atomic E-state index is -4.72. The van der Waals surface area contributed by atoms with Gasteiger partial charge in [-0.1, -0.05) is 6.07 Å². The Labute approximate surface area is 141 Å². The molecule has 8 heteroatoms. The van der Waals surface area contributed by atoms with Gasteiger partial charge >= 0.3 is 6.18 Å². The summed E-state index contributed by atoms with van der Waals surface area (Å²) in [5.74, 6) is -1.73. The highest BCUT2D eigenvalue weighted by molar-refractivity contribution is 5.94. The number of halogens is 4. The number of aromatic nitrogens is 1. The van der Waals surface area contributed by atoms with E-state index >= 15 is 0 Å². The molecule has 25 heavy (non-hydrogen) atoms. The van der Waals surface area contributed by atoms with E-state index in [1.165, 1.54) is 4.90 Å². The Bertz CT molecular complexity index is 764. The number of carbonyl (C=O) groups is 1. The Balaban J connectivity index is 1.94. The predicted octanol–water partition coefficient (Wildman–Crippen LogP) is 3.03. The molecule has 1 aliphatic rings. The monoisotopic (exact) mass is 353 g/mol. The van der Waals surface area contributed by atoms with Gasteiger partial charge in [-0.15, -0.1) is 0 Å². The fourth-order valence-electron chi connectivity index (χ4n) is 2.86. The van der Waals surface area contributed by atoms with Crippen LogP contribution >= 0.6 is 0 Å². The van der Waals surface area contributed by atoms with Gasteiger partial charge < -0.3 is 10.2 Å². The Morgan fingerprint density at radius 3 is 2.76 bits per heavy atom. The number of pyridine rings is 1. The Morgan fingerprint density at radius 2 is 2.08 bits per heavy atom. The van der Waals surface area contributed by atoms with Crippen molar-refractivity contribution in [2.24, 2.45) is 0 Å². The third kappa shape index (κ3) is 3.79. The van der Waals surface area contributed by atoms with Crippen molar-refractivity contribution >= 4 is 5.91 Å². The summed E-state index contributed by atoms with van der Waals surface area (Å²) in [6, 6.07) is 5.03. The standard InChI is InChI=1S/C17H15F4N3O/c18-14-7-12(6-13(8-14)17(19,20)21)16(25)24-5-4-23-10-15(24)11-2-1-3-22-9-11/h1-3,6-9,15,23H,4-5,10H2. The molecule has 0 aliphatic carbocycles. The number of amides is 1. The van der Waals surface area contributed by atoms with Gasteiger partial charge in [-0.25, -0.2) is 4.39 Å². The summed E-state index contributed by atoms with van der Waals surface area (Å²) in [5, 5.41) is 3.14. The maximum Gasteiger partial charge on any atom is 0.416 e. The lowest BCUT2D eigenvalue weighted by Crippen LogP contribution is -2.48. The molecule has 1 amide bonds. The summed E-state index contributed by atoms with van der Waals surface area (Å²) in [7, 11) is 0. The van der Waals surface area contributed by atoms with E-state index < -0.39 is 23.5 Å². The third-order valence-corrected chi connectivity index (χ3v) is 4.05. The zero-order valence-corrected chi connectivity index (χ0v) is 13.1. The fourth-order valence-corrected chi connectivity index (χ4v) is 2.86. The molecule has 0 spiro atoms. The molecule has 1 aromatic heterocycles. The first kappa shape index (κ1) is 17.3. The average molecular weight is 353 g/mol. The molecule has 1 saturated heterocycles. The molecule has 1 N–H and O–H groups in total. The van der Waals surface area contributed by atoms with Gasteiger partial charge in [-0.2, -0.15) is 13.2 Å². The number of nitrogens with one attached hydrogen (secondary N) is 1. The second kappa shape index (κ2) is 6.79. The van der Waals surface area contributed by atoms with E-state index in [1.54, 1.807) is 24.5 Å². The number of alkyl halides is 3. The van der Waals surface area contributed by atoms with Crippen LogP contribution < -0.4 is 5.32 Å². The molecule has 0 radical (unpaired) electrons. The molecule has 1 aliphatic heterocycles. The van der Waals surface area contributed by atoms with Gasteiger partial charge in [0.1, 0.15) is 5.82 Å². The lowest BCUT2D eigenvalue weighted by molar-refractivity contribution is -0.137. The Hall–Kier alpha value is -2.48. The van der Waals surface area contributed by atoms with Gasteiger partial charge in [0.25, 0.3) is 5.91 Å². The molecular formula is C17H15F4N3O. The van der Waals surface area contributed by atoms with Crippen molar-refractivity contribution in [3.05, 3.63) is 65.2 Å². The highest BCUT2D eigenvalue weighted by Gasteiger charge is 2.34. The highest BCUT2D eigenvalue weighted by atomic mass is 19.4. The number of carbonyl (C=O) groups excluding carboxylic acids is 1. The lowest BCUT2D eigenvalue weighted by atomic mass is 10.0. The topological polar surface area (TPSA) is 45.2 Å².